The molecule has 0 aromatic heterocycles. The molecule has 1 atom stereocenters. The molecule has 0 amide bonds. The number of ether oxygens (including phenoxy) is 3. The topological polar surface area (TPSA) is 67.4 Å². The second kappa shape index (κ2) is 14.1. The first kappa shape index (κ1) is 25.2. The molecule has 1 heterocycles. The summed E-state index contributed by atoms with van der Waals surface area (Å²) >= 11 is 0. The number of nitrogens with one attached hydrogen (secondary N) is 2. The van der Waals surface area contributed by atoms with Crippen LogP contribution in [-0.2, 0) is 9.47 Å². The third-order valence-electron chi connectivity index (χ3n) is 5.48. The highest BCUT2D eigenvalue weighted by Gasteiger charge is 2.23. The van der Waals surface area contributed by atoms with Gasteiger partial charge in [0.25, 0.3) is 0 Å². The number of nitrogens with zero attached hydrogens (tertiary/aromatic N) is 2. The maximum atomic E-state index is 5.70. The number of guanidine groups is 1. The standard InChI is InChI=1S/C22H36N4O3.HI/c1-23-22(24-10-3-13-29-17-18-4-5-18)25-16-21(26-11-14-28-15-12-26)19-6-8-20(27-2)9-7-19;/h6-9,18,21H,3-5,10-17H2,1-2H3,(H2,23,24,25);1H. The van der Waals surface area contributed by atoms with Crippen molar-refractivity contribution >= 4 is 29.9 Å². The van der Waals surface area contributed by atoms with E-state index in [1.54, 1.807) is 7.11 Å². The summed E-state index contributed by atoms with van der Waals surface area (Å²) in [5.41, 5.74) is 1.27. The van der Waals surface area contributed by atoms with Gasteiger partial charge >= 0.3 is 0 Å². The Morgan fingerprint density at radius 2 is 1.93 bits per heavy atom. The van der Waals surface area contributed by atoms with Crippen LogP contribution in [0.4, 0.5) is 0 Å². The minimum atomic E-state index is 0. The number of morpholine rings is 1. The fourth-order valence-corrected chi connectivity index (χ4v) is 3.50. The quantitative estimate of drug-likeness (QED) is 0.198. The predicted molar refractivity (Wildman–Crippen MR) is 131 cm³/mol. The Morgan fingerprint density at radius 1 is 1.20 bits per heavy atom. The smallest absolute Gasteiger partial charge is 0.191 e. The molecule has 3 rings (SSSR count). The van der Waals surface area contributed by atoms with Gasteiger partial charge in [-0.1, -0.05) is 12.1 Å². The van der Waals surface area contributed by atoms with Crippen LogP contribution in [0.2, 0.25) is 0 Å². The van der Waals surface area contributed by atoms with Crippen LogP contribution >= 0.6 is 24.0 Å². The summed E-state index contributed by atoms with van der Waals surface area (Å²) in [5, 5.41) is 6.89. The van der Waals surface area contributed by atoms with Gasteiger partial charge in [0.2, 0.25) is 0 Å². The van der Waals surface area contributed by atoms with Gasteiger partial charge in [-0.3, -0.25) is 9.89 Å². The lowest BCUT2D eigenvalue weighted by atomic mass is 10.0. The molecular formula is C22H37IN4O3. The first-order valence-electron chi connectivity index (χ1n) is 10.8. The molecule has 8 heteroatoms. The van der Waals surface area contributed by atoms with Crippen LogP contribution in [0.5, 0.6) is 5.75 Å². The van der Waals surface area contributed by atoms with E-state index in [1.165, 1.54) is 18.4 Å². The van der Waals surface area contributed by atoms with E-state index in [-0.39, 0.29) is 30.0 Å². The molecule has 2 N–H and O–H groups in total. The van der Waals surface area contributed by atoms with Gasteiger partial charge < -0.3 is 24.8 Å². The van der Waals surface area contributed by atoms with Crippen molar-refractivity contribution in [2.45, 2.75) is 25.3 Å². The maximum Gasteiger partial charge on any atom is 0.191 e. The summed E-state index contributed by atoms with van der Waals surface area (Å²) in [5.74, 6) is 2.54. The minimum Gasteiger partial charge on any atom is -0.497 e. The zero-order chi connectivity index (χ0) is 20.3. The van der Waals surface area contributed by atoms with Crippen LogP contribution in [0.3, 0.4) is 0 Å². The van der Waals surface area contributed by atoms with Crippen LogP contribution in [0.25, 0.3) is 0 Å². The molecule has 1 aromatic rings. The molecule has 2 aliphatic rings. The van der Waals surface area contributed by atoms with E-state index < -0.39 is 0 Å². The Kier molecular flexibility index (Phi) is 11.8. The summed E-state index contributed by atoms with van der Waals surface area (Å²) in [7, 11) is 3.51. The lowest BCUT2D eigenvalue weighted by Gasteiger charge is -2.35. The Hall–Kier alpha value is -1.10. The molecule has 0 radical (unpaired) electrons. The van der Waals surface area contributed by atoms with Crippen molar-refractivity contribution in [2.24, 2.45) is 10.9 Å². The second-order valence-electron chi connectivity index (χ2n) is 7.69. The van der Waals surface area contributed by atoms with Crippen LogP contribution in [0.15, 0.2) is 29.3 Å². The summed E-state index contributed by atoms with van der Waals surface area (Å²) < 4.78 is 16.6. The van der Waals surface area contributed by atoms with Crippen molar-refractivity contribution in [3.8, 4) is 5.75 Å². The van der Waals surface area contributed by atoms with Crippen molar-refractivity contribution in [3.63, 3.8) is 0 Å². The average molecular weight is 532 g/mol. The van der Waals surface area contributed by atoms with Gasteiger partial charge in [0.15, 0.2) is 5.96 Å². The normalized spacial score (nSPS) is 18.4. The largest absolute Gasteiger partial charge is 0.497 e. The molecule has 1 saturated carbocycles. The van der Waals surface area contributed by atoms with Gasteiger partial charge in [-0.2, -0.15) is 0 Å². The lowest BCUT2D eigenvalue weighted by Crippen LogP contribution is -2.46. The summed E-state index contributed by atoms with van der Waals surface area (Å²) in [6.07, 6.45) is 3.67. The van der Waals surface area contributed by atoms with Crippen LogP contribution < -0.4 is 15.4 Å². The van der Waals surface area contributed by atoms with Gasteiger partial charge in [0.1, 0.15) is 5.75 Å². The van der Waals surface area contributed by atoms with Crippen molar-refractivity contribution < 1.29 is 14.2 Å². The van der Waals surface area contributed by atoms with Gasteiger partial charge in [-0.15, -0.1) is 24.0 Å². The third kappa shape index (κ3) is 8.56. The molecule has 1 aromatic carbocycles. The first-order valence-corrected chi connectivity index (χ1v) is 10.8. The zero-order valence-electron chi connectivity index (χ0n) is 18.3. The fraction of sp³-hybridized carbons (Fsp3) is 0.682. The fourth-order valence-electron chi connectivity index (χ4n) is 3.50. The summed E-state index contributed by atoms with van der Waals surface area (Å²) in [4.78, 5) is 6.84. The average Bonchev–Trinajstić information content (AvgIpc) is 3.60. The van der Waals surface area contributed by atoms with E-state index in [9.17, 15) is 0 Å². The van der Waals surface area contributed by atoms with E-state index in [0.717, 1.165) is 76.7 Å². The number of benzene rings is 1. The SMILES string of the molecule is CN=C(NCCCOCC1CC1)NCC(c1ccc(OC)cc1)N1CCOCC1.I. The van der Waals surface area contributed by atoms with Crippen molar-refractivity contribution in [2.75, 3.05) is 66.8 Å². The maximum absolute atomic E-state index is 5.70. The van der Waals surface area contributed by atoms with Gasteiger partial charge in [-0.25, -0.2) is 0 Å². The minimum absolute atomic E-state index is 0. The highest BCUT2D eigenvalue weighted by atomic mass is 127. The van der Waals surface area contributed by atoms with Crippen LogP contribution in [0, 0.1) is 5.92 Å². The number of aliphatic imine (C=N–C) groups is 1. The van der Waals surface area contributed by atoms with Crippen molar-refractivity contribution in [1.82, 2.24) is 15.5 Å². The molecule has 7 nitrogen and oxygen atoms in total. The van der Waals surface area contributed by atoms with Crippen LogP contribution in [0.1, 0.15) is 30.9 Å². The number of methoxy groups -OCH3 is 1. The predicted octanol–water partition coefficient (Wildman–Crippen LogP) is 2.67. The third-order valence-corrected chi connectivity index (χ3v) is 5.48. The first-order chi connectivity index (χ1) is 14.3. The van der Waals surface area contributed by atoms with E-state index >= 15 is 0 Å². The van der Waals surface area contributed by atoms with E-state index in [2.05, 4.69) is 32.7 Å². The molecule has 1 unspecified atom stereocenters. The monoisotopic (exact) mass is 532 g/mol. The van der Waals surface area contributed by atoms with Crippen molar-refractivity contribution in [3.05, 3.63) is 29.8 Å². The second-order valence-corrected chi connectivity index (χ2v) is 7.69. The van der Waals surface area contributed by atoms with E-state index in [0.29, 0.717) is 0 Å². The van der Waals surface area contributed by atoms with E-state index in [1.807, 2.05) is 19.2 Å². The zero-order valence-corrected chi connectivity index (χ0v) is 20.6. The Balaban J connectivity index is 0.00000320. The Bertz CT molecular complexity index is 619. The number of hydrogen-bond acceptors (Lipinski definition) is 5. The Labute approximate surface area is 197 Å². The van der Waals surface area contributed by atoms with Crippen LogP contribution in [-0.4, -0.2) is 77.6 Å². The Morgan fingerprint density at radius 3 is 2.57 bits per heavy atom. The van der Waals surface area contributed by atoms with Gasteiger partial charge in [-0.05, 0) is 42.9 Å². The lowest BCUT2D eigenvalue weighted by molar-refractivity contribution is 0.0170. The number of halogens is 1. The van der Waals surface area contributed by atoms with Gasteiger partial charge in [0.05, 0.1) is 26.4 Å². The summed E-state index contributed by atoms with van der Waals surface area (Å²) in [6.45, 7) is 6.80. The summed E-state index contributed by atoms with van der Waals surface area (Å²) in [6, 6.07) is 8.60. The van der Waals surface area contributed by atoms with Crippen molar-refractivity contribution in [1.29, 1.82) is 0 Å². The molecule has 1 saturated heterocycles. The molecule has 0 spiro atoms. The molecule has 1 aliphatic heterocycles. The highest BCUT2D eigenvalue weighted by molar-refractivity contribution is 14.0. The van der Waals surface area contributed by atoms with E-state index in [4.69, 9.17) is 14.2 Å². The molecule has 30 heavy (non-hydrogen) atoms. The molecule has 0 bridgehead atoms. The molecule has 1 aliphatic carbocycles. The number of rotatable bonds is 11. The molecule has 170 valence electrons. The molecular weight excluding hydrogens is 495 g/mol. The van der Waals surface area contributed by atoms with Gasteiger partial charge in [0, 0.05) is 46.4 Å². The highest BCUT2D eigenvalue weighted by Crippen LogP contribution is 2.28. The molecule has 2 fully saturated rings. The number of hydrogen-bond donors (Lipinski definition) is 2.